The Labute approximate surface area is 163 Å². The quantitative estimate of drug-likeness (QED) is 0.794. The van der Waals surface area contributed by atoms with Gasteiger partial charge >= 0.3 is 0 Å². The minimum absolute atomic E-state index is 0.0445. The fourth-order valence-electron chi connectivity index (χ4n) is 2.97. The molecule has 2 N–H and O–H groups in total. The summed E-state index contributed by atoms with van der Waals surface area (Å²) in [4.78, 5) is 33.4. The standard InChI is InChI=1S/C19H25N5O2S/c1-3-23-9-11-24(12-10-23)18(26)14(2)20-17(25)16-13-27-19(22-16)21-15-7-5-4-6-8-15/h4-8,13-14H,3,9-12H2,1-2H3,(H,20,25)(H,21,22). The number of para-hydroxylation sites is 1. The van der Waals surface area contributed by atoms with Crippen LogP contribution in [0.25, 0.3) is 0 Å². The molecule has 1 aliphatic rings. The summed E-state index contributed by atoms with van der Waals surface area (Å²) in [5.41, 5.74) is 1.22. The van der Waals surface area contributed by atoms with Crippen molar-refractivity contribution >= 4 is 34.0 Å². The molecular weight excluding hydrogens is 362 g/mol. The lowest BCUT2D eigenvalue weighted by molar-refractivity contribution is -0.134. The number of nitrogens with one attached hydrogen (secondary N) is 2. The van der Waals surface area contributed by atoms with Crippen LogP contribution in [0.3, 0.4) is 0 Å². The maximum atomic E-state index is 12.6. The number of hydrogen-bond donors (Lipinski definition) is 2. The fraction of sp³-hybridized carbons (Fsp3) is 0.421. The summed E-state index contributed by atoms with van der Waals surface area (Å²) in [5.74, 6) is -0.377. The predicted molar refractivity (Wildman–Crippen MR) is 107 cm³/mol. The molecule has 2 aromatic rings. The van der Waals surface area contributed by atoms with E-state index in [0.29, 0.717) is 23.9 Å². The molecule has 8 heteroatoms. The van der Waals surface area contributed by atoms with Crippen molar-refractivity contribution in [1.29, 1.82) is 0 Å². The molecule has 1 aliphatic heterocycles. The van der Waals surface area contributed by atoms with Crippen LogP contribution >= 0.6 is 11.3 Å². The van der Waals surface area contributed by atoms with Crippen molar-refractivity contribution in [1.82, 2.24) is 20.1 Å². The molecule has 0 spiro atoms. The number of carbonyl (C=O) groups is 2. The molecule has 1 aromatic carbocycles. The number of carbonyl (C=O) groups excluding carboxylic acids is 2. The van der Waals surface area contributed by atoms with Gasteiger partial charge in [0, 0.05) is 37.2 Å². The minimum Gasteiger partial charge on any atom is -0.339 e. The molecule has 1 atom stereocenters. The van der Waals surface area contributed by atoms with E-state index in [0.717, 1.165) is 25.3 Å². The lowest BCUT2D eigenvalue weighted by atomic mass is 10.2. The van der Waals surface area contributed by atoms with E-state index in [4.69, 9.17) is 0 Å². The first-order chi connectivity index (χ1) is 13.1. The number of benzene rings is 1. The topological polar surface area (TPSA) is 77.6 Å². The molecule has 1 unspecified atom stereocenters. The Balaban J connectivity index is 1.53. The van der Waals surface area contributed by atoms with Crippen LogP contribution in [0.4, 0.5) is 10.8 Å². The maximum absolute atomic E-state index is 12.6. The smallest absolute Gasteiger partial charge is 0.271 e. The largest absolute Gasteiger partial charge is 0.339 e. The van der Waals surface area contributed by atoms with Crippen molar-refractivity contribution in [2.24, 2.45) is 0 Å². The molecule has 7 nitrogen and oxygen atoms in total. The highest BCUT2D eigenvalue weighted by Gasteiger charge is 2.26. The summed E-state index contributed by atoms with van der Waals surface area (Å²) < 4.78 is 0. The van der Waals surface area contributed by atoms with Gasteiger partial charge in [-0.3, -0.25) is 9.59 Å². The molecule has 1 aromatic heterocycles. The number of nitrogens with zero attached hydrogens (tertiary/aromatic N) is 3. The van der Waals surface area contributed by atoms with Crippen molar-refractivity contribution in [2.75, 3.05) is 38.0 Å². The van der Waals surface area contributed by atoms with Gasteiger partial charge in [-0.25, -0.2) is 4.98 Å². The van der Waals surface area contributed by atoms with Crippen molar-refractivity contribution < 1.29 is 9.59 Å². The number of likely N-dealkylation sites (N-methyl/N-ethyl adjacent to an activating group) is 1. The summed E-state index contributed by atoms with van der Waals surface area (Å²) in [6, 6.07) is 9.08. The molecule has 2 heterocycles. The van der Waals surface area contributed by atoms with Gasteiger partial charge in [-0.05, 0) is 25.6 Å². The van der Waals surface area contributed by atoms with Crippen LogP contribution in [-0.4, -0.2) is 65.4 Å². The Bertz CT molecular complexity index is 771. The van der Waals surface area contributed by atoms with Crippen LogP contribution in [0.5, 0.6) is 0 Å². The van der Waals surface area contributed by atoms with Crippen molar-refractivity contribution in [3.8, 4) is 0 Å². The molecule has 2 amide bonds. The molecular formula is C19H25N5O2S. The molecule has 1 fully saturated rings. The van der Waals surface area contributed by atoms with Crippen LogP contribution in [-0.2, 0) is 4.79 Å². The second-order valence-corrected chi connectivity index (χ2v) is 7.34. The summed E-state index contributed by atoms with van der Waals surface area (Å²) in [6.07, 6.45) is 0. The van der Waals surface area contributed by atoms with Gasteiger partial charge in [0.2, 0.25) is 5.91 Å². The van der Waals surface area contributed by atoms with Gasteiger partial charge in [0.1, 0.15) is 11.7 Å². The fourth-order valence-corrected chi connectivity index (χ4v) is 3.68. The van der Waals surface area contributed by atoms with Crippen molar-refractivity contribution in [3.63, 3.8) is 0 Å². The zero-order chi connectivity index (χ0) is 19.2. The third kappa shape index (κ3) is 5.05. The first-order valence-electron chi connectivity index (χ1n) is 9.16. The number of piperazine rings is 1. The highest BCUT2D eigenvalue weighted by atomic mass is 32.1. The second kappa shape index (κ2) is 8.96. The van der Waals surface area contributed by atoms with Crippen LogP contribution in [0.1, 0.15) is 24.3 Å². The molecule has 3 rings (SSSR count). The van der Waals surface area contributed by atoms with E-state index in [2.05, 4.69) is 27.4 Å². The van der Waals surface area contributed by atoms with Gasteiger partial charge in [-0.15, -0.1) is 11.3 Å². The maximum Gasteiger partial charge on any atom is 0.271 e. The summed E-state index contributed by atoms with van der Waals surface area (Å²) in [7, 11) is 0. The normalized spacial score (nSPS) is 16.0. The molecule has 0 bridgehead atoms. The van der Waals surface area contributed by atoms with Crippen LogP contribution in [0.2, 0.25) is 0 Å². The van der Waals surface area contributed by atoms with Gasteiger partial charge in [-0.1, -0.05) is 25.1 Å². The molecule has 27 heavy (non-hydrogen) atoms. The van der Waals surface area contributed by atoms with Gasteiger partial charge < -0.3 is 20.4 Å². The number of aromatic nitrogens is 1. The number of anilines is 2. The van der Waals surface area contributed by atoms with Crippen molar-refractivity contribution in [3.05, 3.63) is 41.4 Å². The van der Waals surface area contributed by atoms with E-state index in [-0.39, 0.29) is 11.8 Å². The average molecular weight is 388 g/mol. The van der Waals surface area contributed by atoms with E-state index in [9.17, 15) is 9.59 Å². The number of amides is 2. The Kier molecular flexibility index (Phi) is 6.41. The molecule has 0 saturated carbocycles. The van der Waals surface area contributed by atoms with Crippen LogP contribution in [0, 0.1) is 0 Å². The van der Waals surface area contributed by atoms with E-state index < -0.39 is 6.04 Å². The number of rotatable bonds is 6. The Morgan fingerprint density at radius 3 is 2.56 bits per heavy atom. The monoisotopic (exact) mass is 387 g/mol. The van der Waals surface area contributed by atoms with Gasteiger partial charge in [0.15, 0.2) is 5.13 Å². The molecule has 0 aliphatic carbocycles. The third-order valence-corrected chi connectivity index (χ3v) is 5.37. The SMILES string of the molecule is CCN1CCN(C(=O)C(C)NC(=O)c2csc(Nc3ccccc3)n2)CC1. The first-order valence-corrected chi connectivity index (χ1v) is 10.0. The van der Waals surface area contributed by atoms with Crippen LogP contribution < -0.4 is 10.6 Å². The lowest BCUT2D eigenvalue weighted by Gasteiger charge is -2.35. The third-order valence-electron chi connectivity index (χ3n) is 4.61. The Morgan fingerprint density at radius 2 is 1.89 bits per heavy atom. The summed E-state index contributed by atoms with van der Waals surface area (Å²) in [6.45, 7) is 8.00. The van der Waals surface area contributed by atoms with E-state index >= 15 is 0 Å². The van der Waals surface area contributed by atoms with Gasteiger partial charge in [0.05, 0.1) is 0 Å². The Hall–Kier alpha value is -2.45. The molecule has 0 radical (unpaired) electrons. The number of hydrogen-bond acceptors (Lipinski definition) is 6. The van der Waals surface area contributed by atoms with Crippen molar-refractivity contribution in [2.45, 2.75) is 19.9 Å². The first kappa shape index (κ1) is 19.3. The molecule has 144 valence electrons. The van der Waals surface area contributed by atoms with Gasteiger partial charge in [0.25, 0.3) is 5.91 Å². The van der Waals surface area contributed by atoms with Gasteiger partial charge in [-0.2, -0.15) is 0 Å². The number of thiazole rings is 1. The van der Waals surface area contributed by atoms with E-state index in [1.807, 2.05) is 35.2 Å². The van der Waals surface area contributed by atoms with E-state index in [1.54, 1.807) is 12.3 Å². The summed E-state index contributed by atoms with van der Waals surface area (Å²) >= 11 is 1.36. The minimum atomic E-state index is -0.571. The summed E-state index contributed by atoms with van der Waals surface area (Å²) in [5, 5.41) is 8.26. The van der Waals surface area contributed by atoms with Crippen LogP contribution in [0.15, 0.2) is 35.7 Å². The molecule has 1 saturated heterocycles. The highest BCUT2D eigenvalue weighted by Crippen LogP contribution is 2.20. The zero-order valence-electron chi connectivity index (χ0n) is 15.6. The predicted octanol–water partition coefficient (Wildman–Crippen LogP) is 2.17. The second-order valence-electron chi connectivity index (χ2n) is 6.48. The highest BCUT2D eigenvalue weighted by molar-refractivity contribution is 7.14. The lowest BCUT2D eigenvalue weighted by Crippen LogP contribution is -2.54. The average Bonchev–Trinajstić information content (AvgIpc) is 3.17. The zero-order valence-corrected chi connectivity index (χ0v) is 16.5. The van der Waals surface area contributed by atoms with E-state index in [1.165, 1.54) is 11.3 Å². The Morgan fingerprint density at radius 1 is 1.19 bits per heavy atom.